The van der Waals surface area contributed by atoms with Crippen molar-refractivity contribution in [1.29, 1.82) is 0 Å². The van der Waals surface area contributed by atoms with Crippen LogP contribution in [0.1, 0.15) is 44.9 Å². The molecule has 0 radical (unpaired) electrons. The summed E-state index contributed by atoms with van der Waals surface area (Å²) in [5, 5.41) is 0. The van der Waals surface area contributed by atoms with Gasteiger partial charge in [-0.25, -0.2) is 0 Å². The lowest BCUT2D eigenvalue weighted by atomic mass is 9.94. The Morgan fingerprint density at radius 3 is 2.38 bits per heavy atom. The summed E-state index contributed by atoms with van der Waals surface area (Å²) in [6.45, 7) is 0.931. The van der Waals surface area contributed by atoms with E-state index >= 15 is 0 Å². The third-order valence-corrected chi connectivity index (χ3v) is 4.17. The fourth-order valence-electron chi connectivity index (χ4n) is 2.35. The molecule has 0 bridgehead atoms. The molecule has 1 aliphatic rings. The maximum absolute atomic E-state index is 10.5. The monoisotopic (exact) mass is 249 g/mol. The van der Waals surface area contributed by atoms with Crippen molar-refractivity contribution in [1.82, 2.24) is 4.90 Å². The molecule has 0 heterocycles. The minimum absolute atomic E-state index is 0.106. The molecule has 1 saturated carbocycles. The zero-order chi connectivity index (χ0) is 12.0. The largest absolute Gasteiger partial charge is 0.303 e. The van der Waals surface area contributed by atoms with Gasteiger partial charge in [-0.15, -0.1) is 0 Å². The third-order valence-electron chi connectivity index (χ3n) is 3.36. The van der Waals surface area contributed by atoms with Crippen molar-refractivity contribution in [2.45, 2.75) is 51.0 Å². The van der Waals surface area contributed by atoms with Crippen LogP contribution in [0.4, 0.5) is 0 Å². The zero-order valence-corrected chi connectivity index (χ0v) is 10.9. The summed E-state index contributed by atoms with van der Waals surface area (Å²) in [6, 6.07) is 0.680. The molecule has 16 heavy (non-hydrogen) atoms. The second-order valence-electron chi connectivity index (χ2n) is 4.77. The van der Waals surface area contributed by atoms with E-state index in [1.165, 1.54) is 32.1 Å². The van der Waals surface area contributed by atoms with Gasteiger partial charge >= 0.3 is 0 Å². The molecule has 0 atom stereocenters. The quantitative estimate of drug-likeness (QED) is 0.577. The predicted octanol–water partition coefficient (Wildman–Crippen LogP) is 1.92. The van der Waals surface area contributed by atoms with Crippen LogP contribution >= 0.6 is 0 Å². The average molecular weight is 249 g/mol. The van der Waals surface area contributed by atoms with E-state index in [1.807, 2.05) is 0 Å². The van der Waals surface area contributed by atoms with Crippen LogP contribution < -0.4 is 0 Å². The molecule has 5 heteroatoms. The maximum atomic E-state index is 10.5. The topological polar surface area (TPSA) is 57.6 Å². The van der Waals surface area contributed by atoms with Crippen LogP contribution in [0.15, 0.2) is 0 Å². The molecule has 1 fully saturated rings. The Labute approximate surface area is 98.8 Å². The number of nitrogens with zero attached hydrogens (tertiary/aromatic N) is 1. The first-order chi connectivity index (χ1) is 7.49. The average Bonchev–Trinajstić information content (AvgIpc) is 2.24. The fraction of sp³-hybridized carbons (Fsp3) is 1.00. The standard InChI is InChI=1S/C11H23NO3S/c1-12(11-7-3-2-4-8-11)9-5-6-10-16(13,14)15/h11H,2-10H2,1H3,(H,13,14,15). The second kappa shape index (κ2) is 6.57. The molecule has 0 aliphatic heterocycles. The summed E-state index contributed by atoms with van der Waals surface area (Å²) < 4.78 is 29.6. The molecule has 96 valence electrons. The van der Waals surface area contributed by atoms with Crippen LogP contribution in [0, 0.1) is 0 Å². The lowest BCUT2D eigenvalue weighted by Crippen LogP contribution is -2.34. The van der Waals surface area contributed by atoms with E-state index in [2.05, 4.69) is 11.9 Å². The lowest BCUT2D eigenvalue weighted by Gasteiger charge is -2.31. The number of hydrogen-bond donors (Lipinski definition) is 1. The molecule has 1 rings (SSSR count). The Hall–Kier alpha value is -0.130. The van der Waals surface area contributed by atoms with E-state index in [0.29, 0.717) is 12.5 Å². The van der Waals surface area contributed by atoms with E-state index in [9.17, 15) is 8.42 Å². The zero-order valence-electron chi connectivity index (χ0n) is 10.1. The van der Waals surface area contributed by atoms with Gasteiger partial charge < -0.3 is 4.90 Å². The normalized spacial score (nSPS) is 19.2. The molecule has 0 spiro atoms. The molecular weight excluding hydrogens is 226 g/mol. The van der Waals surface area contributed by atoms with Gasteiger partial charge in [-0.2, -0.15) is 8.42 Å². The highest BCUT2D eigenvalue weighted by Gasteiger charge is 2.17. The van der Waals surface area contributed by atoms with Crippen LogP contribution in [-0.4, -0.2) is 43.3 Å². The fourth-order valence-corrected chi connectivity index (χ4v) is 2.92. The number of hydrogen-bond acceptors (Lipinski definition) is 3. The summed E-state index contributed by atoms with van der Waals surface area (Å²) in [5.74, 6) is -0.106. The highest BCUT2D eigenvalue weighted by molar-refractivity contribution is 7.85. The van der Waals surface area contributed by atoms with E-state index < -0.39 is 10.1 Å². The highest BCUT2D eigenvalue weighted by Crippen LogP contribution is 2.21. The SMILES string of the molecule is CN(CCCCS(=O)(=O)O)C1CCCCC1. The van der Waals surface area contributed by atoms with Crippen LogP contribution in [-0.2, 0) is 10.1 Å². The Bertz CT molecular complexity index is 284. The first-order valence-electron chi connectivity index (χ1n) is 6.14. The van der Waals surface area contributed by atoms with Crippen molar-refractivity contribution in [2.75, 3.05) is 19.3 Å². The number of rotatable bonds is 6. The summed E-state index contributed by atoms with van der Waals surface area (Å²) in [7, 11) is -1.65. The van der Waals surface area contributed by atoms with Crippen molar-refractivity contribution in [3.05, 3.63) is 0 Å². The first-order valence-corrected chi connectivity index (χ1v) is 7.75. The van der Waals surface area contributed by atoms with Crippen molar-refractivity contribution >= 4 is 10.1 Å². The van der Waals surface area contributed by atoms with Gasteiger partial charge in [0.25, 0.3) is 10.1 Å². The van der Waals surface area contributed by atoms with Crippen molar-refractivity contribution in [3.63, 3.8) is 0 Å². The molecule has 0 unspecified atom stereocenters. The predicted molar refractivity (Wildman–Crippen MR) is 65.2 cm³/mol. The molecule has 0 aromatic heterocycles. The Morgan fingerprint density at radius 2 is 1.81 bits per heavy atom. The minimum atomic E-state index is -3.77. The smallest absolute Gasteiger partial charge is 0.264 e. The van der Waals surface area contributed by atoms with E-state index in [4.69, 9.17) is 4.55 Å². The van der Waals surface area contributed by atoms with Gasteiger partial charge in [0, 0.05) is 6.04 Å². The van der Waals surface area contributed by atoms with Gasteiger partial charge in [0.15, 0.2) is 0 Å². The summed E-state index contributed by atoms with van der Waals surface area (Å²) in [6.07, 6.45) is 7.93. The molecular formula is C11H23NO3S. The minimum Gasteiger partial charge on any atom is -0.303 e. The van der Waals surface area contributed by atoms with E-state index in [-0.39, 0.29) is 5.75 Å². The lowest BCUT2D eigenvalue weighted by molar-refractivity contribution is 0.189. The number of unbranched alkanes of at least 4 members (excludes halogenated alkanes) is 1. The summed E-state index contributed by atoms with van der Waals surface area (Å²) in [4.78, 5) is 2.34. The van der Waals surface area contributed by atoms with Crippen molar-refractivity contribution in [3.8, 4) is 0 Å². The first kappa shape index (κ1) is 13.9. The molecule has 0 amide bonds. The molecule has 1 N–H and O–H groups in total. The summed E-state index contributed by atoms with van der Waals surface area (Å²) in [5.41, 5.74) is 0. The molecule has 0 aromatic rings. The Kier molecular flexibility index (Phi) is 5.72. The van der Waals surface area contributed by atoms with Crippen LogP contribution in [0.2, 0.25) is 0 Å². The van der Waals surface area contributed by atoms with Gasteiger partial charge in [-0.05, 0) is 39.3 Å². The third kappa shape index (κ3) is 5.82. The van der Waals surface area contributed by atoms with Gasteiger partial charge in [-0.1, -0.05) is 19.3 Å². The van der Waals surface area contributed by atoms with Crippen LogP contribution in [0.5, 0.6) is 0 Å². The Morgan fingerprint density at radius 1 is 1.19 bits per heavy atom. The Balaban J connectivity index is 2.12. The van der Waals surface area contributed by atoms with Crippen LogP contribution in [0.25, 0.3) is 0 Å². The van der Waals surface area contributed by atoms with E-state index in [0.717, 1.165) is 13.0 Å². The van der Waals surface area contributed by atoms with Gasteiger partial charge in [-0.3, -0.25) is 4.55 Å². The highest BCUT2D eigenvalue weighted by atomic mass is 32.2. The molecule has 0 saturated heterocycles. The van der Waals surface area contributed by atoms with Gasteiger partial charge in [0.1, 0.15) is 0 Å². The van der Waals surface area contributed by atoms with Gasteiger partial charge in [0.2, 0.25) is 0 Å². The van der Waals surface area contributed by atoms with Crippen LogP contribution in [0.3, 0.4) is 0 Å². The molecule has 4 nitrogen and oxygen atoms in total. The van der Waals surface area contributed by atoms with E-state index in [1.54, 1.807) is 0 Å². The molecule has 0 aromatic carbocycles. The van der Waals surface area contributed by atoms with Crippen molar-refractivity contribution < 1.29 is 13.0 Å². The second-order valence-corrected chi connectivity index (χ2v) is 6.34. The molecule has 1 aliphatic carbocycles. The van der Waals surface area contributed by atoms with Gasteiger partial charge in [0.05, 0.1) is 5.75 Å². The van der Waals surface area contributed by atoms with Crippen molar-refractivity contribution in [2.24, 2.45) is 0 Å². The summed E-state index contributed by atoms with van der Waals surface area (Å²) >= 11 is 0. The maximum Gasteiger partial charge on any atom is 0.264 e.